The van der Waals surface area contributed by atoms with E-state index in [0.29, 0.717) is 25.5 Å². The number of guanidine groups is 1. The number of hydrogen-bond acceptors (Lipinski definition) is 2. The van der Waals surface area contributed by atoms with E-state index < -0.39 is 0 Å². The van der Waals surface area contributed by atoms with Crippen LogP contribution in [0.4, 0.5) is 5.69 Å². The first kappa shape index (κ1) is 17.5. The third-order valence-electron chi connectivity index (χ3n) is 3.17. The maximum Gasteiger partial charge on any atom is 0.232 e. The summed E-state index contributed by atoms with van der Waals surface area (Å²) in [5.41, 5.74) is 8.65. The summed E-state index contributed by atoms with van der Waals surface area (Å²) in [7, 11) is 0. The van der Waals surface area contributed by atoms with E-state index >= 15 is 0 Å². The van der Waals surface area contributed by atoms with Gasteiger partial charge in [0, 0.05) is 12.2 Å². The Hall–Kier alpha value is -1.57. The molecule has 0 aliphatic carbocycles. The number of benzene rings is 1. The molecule has 21 heavy (non-hydrogen) atoms. The molecule has 1 amide bonds. The number of aliphatic imine (C=N–C) groups is 1. The number of amides is 1. The Kier molecular flexibility index (Phi) is 6.67. The molecule has 0 spiro atoms. The molecule has 1 unspecified atom stereocenters. The second kappa shape index (κ2) is 8.02. The Morgan fingerprint density at radius 1 is 1.48 bits per heavy atom. The number of carbonyl (C=O) groups is 1. The molecule has 2 rings (SSSR count). The van der Waals surface area contributed by atoms with Crippen LogP contribution >= 0.6 is 24.0 Å². The van der Waals surface area contributed by atoms with Gasteiger partial charge in [0.1, 0.15) is 0 Å². The van der Waals surface area contributed by atoms with Crippen LogP contribution in [0.25, 0.3) is 0 Å². The molecule has 6 heteroatoms. The van der Waals surface area contributed by atoms with E-state index in [4.69, 9.17) is 5.73 Å². The van der Waals surface area contributed by atoms with Gasteiger partial charge in [0.2, 0.25) is 5.91 Å². The molecule has 0 radical (unpaired) electrons. The zero-order chi connectivity index (χ0) is 14.5. The number of halogens is 1. The fourth-order valence-corrected chi connectivity index (χ4v) is 2.18. The Balaban J connectivity index is 0.00000220. The van der Waals surface area contributed by atoms with Crippen LogP contribution in [0.1, 0.15) is 24.8 Å². The van der Waals surface area contributed by atoms with Crippen LogP contribution in [0, 0.1) is 0 Å². The van der Waals surface area contributed by atoms with E-state index in [2.05, 4.69) is 22.2 Å². The summed E-state index contributed by atoms with van der Waals surface area (Å²) < 4.78 is 0. The molecule has 0 saturated heterocycles. The Bertz CT molecular complexity index is 556. The molecule has 5 nitrogen and oxygen atoms in total. The van der Waals surface area contributed by atoms with Crippen molar-refractivity contribution in [3.63, 3.8) is 0 Å². The number of nitrogens with one attached hydrogen (secondary N) is 2. The lowest BCUT2D eigenvalue weighted by Gasteiger charge is -2.10. The number of para-hydroxylation sites is 1. The average Bonchev–Trinajstić information content (AvgIpc) is 2.73. The molecule has 4 N–H and O–H groups in total. The molecule has 114 valence electrons. The van der Waals surface area contributed by atoms with Gasteiger partial charge in [-0.3, -0.25) is 4.79 Å². The number of rotatable bonds is 5. The summed E-state index contributed by atoms with van der Waals surface area (Å²) in [6.07, 6.45) is 0.687. The minimum absolute atomic E-state index is 0. The first-order valence-electron chi connectivity index (χ1n) is 6.66. The summed E-state index contributed by atoms with van der Waals surface area (Å²) in [5.74, 6) is 0.317. The highest BCUT2D eigenvalue weighted by Gasteiger charge is 2.29. The molecule has 0 saturated carbocycles. The van der Waals surface area contributed by atoms with Gasteiger partial charge in [0.15, 0.2) is 5.96 Å². The maximum absolute atomic E-state index is 11.9. The molecule has 1 heterocycles. The number of fused-ring (bicyclic) bond motifs is 1. The summed E-state index contributed by atoms with van der Waals surface area (Å²) in [5, 5.41) is 5.91. The van der Waals surface area contributed by atoms with E-state index in [1.165, 1.54) is 0 Å². The van der Waals surface area contributed by atoms with Crippen LogP contribution < -0.4 is 16.4 Å². The number of nitrogens with two attached hydrogens (primary N) is 1. The number of hydrogen-bond donors (Lipinski definition) is 3. The van der Waals surface area contributed by atoms with Gasteiger partial charge >= 0.3 is 0 Å². The van der Waals surface area contributed by atoms with E-state index in [1.54, 1.807) is 0 Å². The van der Waals surface area contributed by atoms with Crippen LogP contribution in [0.15, 0.2) is 41.4 Å². The van der Waals surface area contributed by atoms with Crippen molar-refractivity contribution < 1.29 is 4.79 Å². The first-order chi connectivity index (χ1) is 9.58. The lowest BCUT2D eigenvalue weighted by Crippen LogP contribution is -2.33. The molecular formula is C15H21IN4O. The van der Waals surface area contributed by atoms with E-state index in [-0.39, 0.29) is 35.8 Å². The fraction of sp³-hybridized carbons (Fsp3) is 0.333. The van der Waals surface area contributed by atoms with Gasteiger partial charge in [-0.2, -0.15) is 0 Å². The molecule has 0 aromatic heterocycles. The van der Waals surface area contributed by atoms with Gasteiger partial charge in [-0.05, 0) is 25.0 Å². The lowest BCUT2D eigenvalue weighted by molar-refractivity contribution is -0.117. The third-order valence-corrected chi connectivity index (χ3v) is 3.17. The molecule has 0 fully saturated rings. The molecule has 1 aromatic carbocycles. The molecular weight excluding hydrogens is 379 g/mol. The summed E-state index contributed by atoms with van der Waals surface area (Å²) in [6.45, 7) is 6.79. The Morgan fingerprint density at radius 3 is 2.90 bits per heavy atom. The standard InChI is InChI=1S/C15H20N4O.HI/c1-10(2)9-18-15(16)17-8-7-12-11-5-3-4-6-13(11)19-14(12)20;/h3-6,12H,1,7-9H2,2H3,(H,19,20)(H3,16,17,18);1H. The highest BCUT2D eigenvalue weighted by molar-refractivity contribution is 14.0. The van der Waals surface area contributed by atoms with Crippen LogP contribution in [0.2, 0.25) is 0 Å². The normalized spacial score (nSPS) is 16.7. The zero-order valence-electron chi connectivity index (χ0n) is 12.1. The quantitative estimate of drug-likeness (QED) is 0.307. The SMILES string of the molecule is C=C(C)CN=C(N)NCCC1C(=O)Nc2ccccc21.I. The number of anilines is 1. The molecule has 1 aromatic rings. The second-order valence-electron chi connectivity index (χ2n) is 5.00. The predicted molar refractivity (Wildman–Crippen MR) is 97.2 cm³/mol. The fourth-order valence-electron chi connectivity index (χ4n) is 2.18. The Labute approximate surface area is 142 Å². The minimum atomic E-state index is -0.118. The highest BCUT2D eigenvalue weighted by atomic mass is 127. The van der Waals surface area contributed by atoms with Gasteiger partial charge < -0.3 is 16.4 Å². The van der Waals surface area contributed by atoms with Gasteiger partial charge in [-0.15, -0.1) is 24.0 Å². The average molecular weight is 400 g/mol. The van der Waals surface area contributed by atoms with Crippen molar-refractivity contribution in [2.45, 2.75) is 19.3 Å². The van der Waals surface area contributed by atoms with Crippen molar-refractivity contribution in [2.24, 2.45) is 10.7 Å². The van der Waals surface area contributed by atoms with Crippen molar-refractivity contribution >= 4 is 41.5 Å². The molecule has 1 aliphatic heterocycles. The Morgan fingerprint density at radius 2 is 2.19 bits per heavy atom. The van der Waals surface area contributed by atoms with Crippen molar-refractivity contribution in [1.82, 2.24) is 5.32 Å². The number of nitrogens with zero attached hydrogens (tertiary/aromatic N) is 1. The van der Waals surface area contributed by atoms with Crippen LogP contribution in [0.3, 0.4) is 0 Å². The molecule has 1 aliphatic rings. The predicted octanol–water partition coefficient (Wildman–Crippen LogP) is 2.21. The molecule has 0 bridgehead atoms. The van der Waals surface area contributed by atoms with Gasteiger partial charge in [0.25, 0.3) is 0 Å². The molecule has 1 atom stereocenters. The van der Waals surface area contributed by atoms with Gasteiger partial charge in [-0.25, -0.2) is 4.99 Å². The second-order valence-corrected chi connectivity index (χ2v) is 5.00. The smallest absolute Gasteiger partial charge is 0.232 e. The van der Waals surface area contributed by atoms with Gasteiger partial charge in [0.05, 0.1) is 12.5 Å². The van der Waals surface area contributed by atoms with Crippen molar-refractivity contribution in [1.29, 1.82) is 0 Å². The maximum atomic E-state index is 11.9. The summed E-state index contributed by atoms with van der Waals surface area (Å²) in [4.78, 5) is 16.0. The topological polar surface area (TPSA) is 79.5 Å². The third kappa shape index (κ3) is 4.73. The van der Waals surface area contributed by atoms with Crippen LogP contribution in [0.5, 0.6) is 0 Å². The van der Waals surface area contributed by atoms with Crippen molar-refractivity contribution in [2.75, 3.05) is 18.4 Å². The van der Waals surface area contributed by atoms with E-state index in [1.807, 2.05) is 31.2 Å². The lowest BCUT2D eigenvalue weighted by atomic mass is 9.97. The van der Waals surface area contributed by atoms with Crippen molar-refractivity contribution in [3.8, 4) is 0 Å². The van der Waals surface area contributed by atoms with E-state index in [0.717, 1.165) is 16.8 Å². The van der Waals surface area contributed by atoms with Gasteiger partial charge in [-0.1, -0.05) is 30.4 Å². The first-order valence-corrected chi connectivity index (χ1v) is 6.66. The minimum Gasteiger partial charge on any atom is -0.370 e. The summed E-state index contributed by atoms with van der Waals surface area (Å²) in [6, 6.07) is 7.77. The van der Waals surface area contributed by atoms with E-state index in [9.17, 15) is 4.79 Å². The highest BCUT2D eigenvalue weighted by Crippen LogP contribution is 2.33. The zero-order valence-corrected chi connectivity index (χ0v) is 14.4. The largest absolute Gasteiger partial charge is 0.370 e. The summed E-state index contributed by atoms with van der Waals surface area (Å²) >= 11 is 0. The van der Waals surface area contributed by atoms with Crippen LogP contribution in [-0.4, -0.2) is 25.0 Å². The monoisotopic (exact) mass is 400 g/mol. The van der Waals surface area contributed by atoms with Crippen LogP contribution in [-0.2, 0) is 4.79 Å². The number of carbonyl (C=O) groups excluding carboxylic acids is 1. The van der Waals surface area contributed by atoms with Crippen molar-refractivity contribution in [3.05, 3.63) is 42.0 Å².